The SMILES string of the molecule is Cc1ccc(C)c(-c2cc3c(N4CCCNCC4)nccn3n2)c1. The lowest BCUT2D eigenvalue weighted by Crippen LogP contribution is -2.29. The monoisotopic (exact) mass is 321 g/mol. The van der Waals surface area contributed by atoms with Gasteiger partial charge in [0.15, 0.2) is 5.82 Å². The highest BCUT2D eigenvalue weighted by Gasteiger charge is 2.16. The second kappa shape index (κ2) is 6.24. The highest BCUT2D eigenvalue weighted by atomic mass is 15.3. The molecule has 0 spiro atoms. The molecule has 0 amide bonds. The summed E-state index contributed by atoms with van der Waals surface area (Å²) in [6.07, 6.45) is 4.92. The third kappa shape index (κ3) is 2.76. The zero-order chi connectivity index (χ0) is 16.5. The Kier molecular flexibility index (Phi) is 3.94. The van der Waals surface area contributed by atoms with Crippen molar-refractivity contribution in [3.8, 4) is 11.3 Å². The van der Waals surface area contributed by atoms with E-state index in [1.54, 1.807) is 0 Å². The minimum absolute atomic E-state index is 0.983. The predicted molar refractivity (Wildman–Crippen MR) is 97.6 cm³/mol. The van der Waals surface area contributed by atoms with Crippen LogP contribution >= 0.6 is 0 Å². The van der Waals surface area contributed by atoms with Crippen molar-refractivity contribution in [3.63, 3.8) is 0 Å². The van der Waals surface area contributed by atoms with Gasteiger partial charge >= 0.3 is 0 Å². The van der Waals surface area contributed by atoms with Gasteiger partial charge in [0.1, 0.15) is 5.52 Å². The van der Waals surface area contributed by atoms with Gasteiger partial charge in [-0.3, -0.25) is 0 Å². The van der Waals surface area contributed by atoms with Gasteiger partial charge in [0.25, 0.3) is 0 Å². The number of aromatic nitrogens is 3. The molecule has 5 nitrogen and oxygen atoms in total. The van der Waals surface area contributed by atoms with E-state index in [9.17, 15) is 0 Å². The normalized spacial score (nSPS) is 15.7. The zero-order valence-corrected chi connectivity index (χ0v) is 14.3. The van der Waals surface area contributed by atoms with Crippen LogP contribution in [0.2, 0.25) is 0 Å². The van der Waals surface area contributed by atoms with Crippen LogP contribution in [0.3, 0.4) is 0 Å². The molecule has 4 rings (SSSR count). The fourth-order valence-electron chi connectivity index (χ4n) is 3.35. The summed E-state index contributed by atoms with van der Waals surface area (Å²) in [5, 5.41) is 8.25. The number of hydrogen-bond donors (Lipinski definition) is 1. The minimum atomic E-state index is 0.983. The Morgan fingerprint density at radius 3 is 2.92 bits per heavy atom. The highest BCUT2D eigenvalue weighted by molar-refractivity contribution is 5.76. The van der Waals surface area contributed by atoms with Crippen molar-refractivity contribution in [2.45, 2.75) is 20.3 Å². The van der Waals surface area contributed by atoms with Crippen molar-refractivity contribution in [2.24, 2.45) is 0 Å². The number of benzene rings is 1. The molecule has 1 N–H and O–H groups in total. The molecule has 0 bridgehead atoms. The number of anilines is 1. The molecule has 0 aliphatic carbocycles. The van der Waals surface area contributed by atoms with Crippen molar-refractivity contribution in [1.82, 2.24) is 19.9 Å². The van der Waals surface area contributed by atoms with E-state index in [0.29, 0.717) is 0 Å². The Morgan fingerprint density at radius 1 is 1.08 bits per heavy atom. The molecule has 3 heterocycles. The van der Waals surface area contributed by atoms with Crippen LogP contribution in [0.15, 0.2) is 36.7 Å². The third-order valence-electron chi connectivity index (χ3n) is 4.68. The van der Waals surface area contributed by atoms with E-state index in [4.69, 9.17) is 5.10 Å². The Morgan fingerprint density at radius 2 is 2.00 bits per heavy atom. The summed E-state index contributed by atoms with van der Waals surface area (Å²) in [6.45, 7) is 8.35. The fourth-order valence-corrected chi connectivity index (χ4v) is 3.35. The Labute approximate surface area is 142 Å². The molecule has 0 radical (unpaired) electrons. The first-order chi connectivity index (χ1) is 11.7. The Bertz CT molecular complexity index is 859. The summed E-state index contributed by atoms with van der Waals surface area (Å²) in [5.41, 5.74) is 5.79. The Balaban J connectivity index is 1.80. The van der Waals surface area contributed by atoms with Crippen molar-refractivity contribution in [3.05, 3.63) is 47.8 Å². The molecule has 1 aromatic carbocycles. The van der Waals surface area contributed by atoms with Crippen LogP contribution in [0.1, 0.15) is 17.5 Å². The molecule has 1 aliphatic heterocycles. The van der Waals surface area contributed by atoms with E-state index in [1.165, 1.54) is 16.7 Å². The minimum Gasteiger partial charge on any atom is -0.354 e. The molecule has 1 aliphatic rings. The van der Waals surface area contributed by atoms with E-state index in [0.717, 1.165) is 49.6 Å². The summed E-state index contributed by atoms with van der Waals surface area (Å²) in [5.74, 6) is 1.03. The van der Waals surface area contributed by atoms with Crippen LogP contribution in [0.5, 0.6) is 0 Å². The maximum atomic E-state index is 4.80. The largest absolute Gasteiger partial charge is 0.354 e. The number of nitrogens with zero attached hydrogens (tertiary/aromatic N) is 4. The van der Waals surface area contributed by atoms with E-state index >= 15 is 0 Å². The summed E-state index contributed by atoms with van der Waals surface area (Å²) in [4.78, 5) is 7.02. The van der Waals surface area contributed by atoms with Crippen molar-refractivity contribution in [2.75, 3.05) is 31.1 Å². The molecule has 0 atom stereocenters. The van der Waals surface area contributed by atoms with E-state index < -0.39 is 0 Å². The number of rotatable bonds is 2. The van der Waals surface area contributed by atoms with Gasteiger partial charge in [0.2, 0.25) is 0 Å². The predicted octanol–water partition coefficient (Wildman–Crippen LogP) is 2.81. The summed E-state index contributed by atoms with van der Waals surface area (Å²) < 4.78 is 1.96. The summed E-state index contributed by atoms with van der Waals surface area (Å²) >= 11 is 0. The average Bonchev–Trinajstić information content (AvgIpc) is 2.83. The quantitative estimate of drug-likeness (QED) is 0.788. The van der Waals surface area contributed by atoms with Gasteiger partial charge in [-0.2, -0.15) is 5.10 Å². The molecular formula is C19H23N5. The van der Waals surface area contributed by atoms with Gasteiger partial charge < -0.3 is 10.2 Å². The zero-order valence-electron chi connectivity index (χ0n) is 14.3. The lowest BCUT2D eigenvalue weighted by molar-refractivity contribution is 0.724. The van der Waals surface area contributed by atoms with Crippen molar-refractivity contribution < 1.29 is 0 Å². The summed E-state index contributed by atoms with van der Waals surface area (Å²) in [6, 6.07) is 8.68. The van der Waals surface area contributed by atoms with Crippen LogP contribution < -0.4 is 10.2 Å². The maximum absolute atomic E-state index is 4.80. The van der Waals surface area contributed by atoms with E-state index in [2.05, 4.69) is 53.3 Å². The molecule has 24 heavy (non-hydrogen) atoms. The van der Waals surface area contributed by atoms with Gasteiger partial charge in [-0.25, -0.2) is 9.50 Å². The number of hydrogen-bond acceptors (Lipinski definition) is 4. The smallest absolute Gasteiger partial charge is 0.154 e. The fraction of sp³-hybridized carbons (Fsp3) is 0.368. The van der Waals surface area contributed by atoms with Crippen molar-refractivity contribution >= 4 is 11.3 Å². The first-order valence-corrected chi connectivity index (χ1v) is 8.60. The van der Waals surface area contributed by atoms with Crippen LogP contribution in [0.4, 0.5) is 5.82 Å². The first kappa shape index (κ1) is 15.1. The second-order valence-corrected chi connectivity index (χ2v) is 6.52. The molecule has 2 aromatic heterocycles. The first-order valence-electron chi connectivity index (χ1n) is 8.60. The molecule has 1 fully saturated rings. The third-order valence-corrected chi connectivity index (χ3v) is 4.68. The van der Waals surface area contributed by atoms with Gasteiger partial charge in [-0.05, 0) is 44.5 Å². The molecule has 3 aromatic rings. The number of fused-ring (bicyclic) bond motifs is 1. The average molecular weight is 321 g/mol. The van der Waals surface area contributed by atoms with E-state index in [1.807, 2.05) is 16.9 Å². The molecule has 124 valence electrons. The maximum Gasteiger partial charge on any atom is 0.154 e. The van der Waals surface area contributed by atoms with Gasteiger partial charge in [0.05, 0.1) is 5.69 Å². The standard InChI is InChI=1S/C19H23N5/c1-14-4-5-15(2)16(12-14)17-13-18-19(21-8-11-24(18)22-17)23-9-3-6-20-7-10-23/h4-5,8,11-13,20H,3,6-7,9-10H2,1-2H3. The van der Waals surface area contributed by atoms with Crippen molar-refractivity contribution in [1.29, 1.82) is 0 Å². The van der Waals surface area contributed by atoms with Gasteiger partial charge in [0, 0.05) is 37.6 Å². The van der Waals surface area contributed by atoms with Gasteiger partial charge in [-0.15, -0.1) is 0 Å². The second-order valence-electron chi connectivity index (χ2n) is 6.52. The van der Waals surface area contributed by atoms with Crippen LogP contribution in [-0.4, -0.2) is 40.8 Å². The molecule has 0 saturated carbocycles. The Hall–Kier alpha value is -2.40. The topological polar surface area (TPSA) is 45.5 Å². The molecule has 1 saturated heterocycles. The van der Waals surface area contributed by atoms with Crippen LogP contribution in [-0.2, 0) is 0 Å². The van der Waals surface area contributed by atoms with Crippen LogP contribution in [0.25, 0.3) is 16.8 Å². The number of nitrogens with one attached hydrogen (secondary N) is 1. The highest BCUT2D eigenvalue weighted by Crippen LogP contribution is 2.28. The lowest BCUT2D eigenvalue weighted by Gasteiger charge is -2.21. The molecule has 0 unspecified atom stereocenters. The number of aryl methyl sites for hydroxylation is 2. The van der Waals surface area contributed by atoms with E-state index in [-0.39, 0.29) is 0 Å². The van der Waals surface area contributed by atoms with Crippen LogP contribution in [0, 0.1) is 13.8 Å². The molecule has 5 heteroatoms. The van der Waals surface area contributed by atoms with Gasteiger partial charge in [-0.1, -0.05) is 17.7 Å². The molecular weight excluding hydrogens is 298 g/mol. The summed E-state index contributed by atoms with van der Waals surface area (Å²) in [7, 11) is 0. The lowest BCUT2D eigenvalue weighted by atomic mass is 10.0.